The Kier molecular flexibility index (Phi) is 8.97. The van der Waals surface area contributed by atoms with E-state index in [4.69, 9.17) is 5.73 Å². The molecule has 0 saturated carbocycles. The average molecular weight is 598 g/mol. The van der Waals surface area contributed by atoms with Gasteiger partial charge >= 0.3 is 5.97 Å². The zero-order chi connectivity index (χ0) is 31.6. The van der Waals surface area contributed by atoms with Gasteiger partial charge in [-0.05, 0) is 82.5 Å². The molecule has 9 heteroatoms. The summed E-state index contributed by atoms with van der Waals surface area (Å²) in [5, 5.41) is 16.7. The molecule has 5 atom stereocenters. The van der Waals surface area contributed by atoms with Crippen LogP contribution in [0.25, 0.3) is 10.9 Å². The Labute approximate surface area is 258 Å². The molecule has 0 bridgehead atoms. The van der Waals surface area contributed by atoms with E-state index in [9.17, 15) is 19.5 Å². The third kappa shape index (κ3) is 6.15. The van der Waals surface area contributed by atoms with Crippen molar-refractivity contribution in [3.63, 3.8) is 0 Å². The standard InChI is InChI=1S/C35H43N5O4/c1-21(2)10-9-11-22(3)16-17-35-20-30(31(41)37-23(4)33(43)44)40(34(35)39-29-15-8-6-13-26(29)35)32(42)27(36)19-25-18-24-12-5-7-14-28(24)38-25/h5-8,10,12-16,18,23,27,30,34,38-39H,9,11,17,19-20,36H2,1-4H3,(H,37,41)(H,43,44)/b22-16+/t23-,27-,30-,34+,35+/m0/s1. The van der Waals surface area contributed by atoms with E-state index in [-0.39, 0.29) is 12.3 Å². The number of anilines is 1. The van der Waals surface area contributed by atoms with Crippen molar-refractivity contribution in [3.8, 4) is 0 Å². The van der Waals surface area contributed by atoms with Gasteiger partial charge in [-0.1, -0.05) is 59.7 Å². The highest BCUT2D eigenvalue weighted by molar-refractivity contribution is 5.94. The number of H-pyrrole nitrogens is 1. The first-order valence-corrected chi connectivity index (χ1v) is 15.3. The lowest BCUT2D eigenvalue weighted by atomic mass is 9.74. The number of para-hydroxylation sites is 2. The van der Waals surface area contributed by atoms with Gasteiger partial charge in [0.05, 0.1) is 6.04 Å². The maximum atomic E-state index is 14.3. The van der Waals surface area contributed by atoms with E-state index in [2.05, 4.69) is 54.6 Å². The summed E-state index contributed by atoms with van der Waals surface area (Å²) >= 11 is 0. The number of rotatable bonds is 11. The number of likely N-dealkylation sites (tertiary alicyclic amines) is 1. The van der Waals surface area contributed by atoms with Crippen molar-refractivity contribution in [2.45, 2.75) is 89.5 Å². The fourth-order valence-electron chi connectivity index (χ4n) is 6.64. The summed E-state index contributed by atoms with van der Waals surface area (Å²) < 4.78 is 0. The van der Waals surface area contributed by atoms with Gasteiger partial charge in [-0.3, -0.25) is 14.4 Å². The number of nitrogens with two attached hydrogens (primary N) is 1. The molecular weight excluding hydrogens is 554 g/mol. The van der Waals surface area contributed by atoms with Crippen LogP contribution in [-0.2, 0) is 26.2 Å². The number of carboxylic acid groups (broad SMARTS) is 1. The SMILES string of the molecule is CC(C)=CCC/C(C)=C/C[C@]12C[C@@H](C(=O)N[C@@H](C)C(=O)O)N(C(=O)[C@@H](N)Cc3cc4ccccc4[nH]3)[C@H]1Nc1ccccc12. The van der Waals surface area contributed by atoms with Crippen molar-refractivity contribution in [1.82, 2.24) is 15.2 Å². The number of aromatic amines is 1. The Hall–Kier alpha value is -4.37. The Morgan fingerprint density at radius 3 is 2.57 bits per heavy atom. The van der Waals surface area contributed by atoms with Crippen molar-refractivity contribution in [2.24, 2.45) is 5.73 Å². The van der Waals surface area contributed by atoms with Crippen LogP contribution in [-0.4, -0.2) is 57.1 Å². The second kappa shape index (κ2) is 12.7. The van der Waals surface area contributed by atoms with Crippen LogP contribution >= 0.6 is 0 Å². The van der Waals surface area contributed by atoms with Crippen LogP contribution in [0, 0.1) is 0 Å². The van der Waals surface area contributed by atoms with Gasteiger partial charge in [-0.15, -0.1) is 0 Å². The first-order valence-electron chi connectivity index (χ1n) is 15.3. The first-order chi connectivity index (χ1) is 21.0. The summed E-state index contributed by atoms with van der Waals surface area (Å²) in [6, 6.07) is 14.9. The number of allylic oxidation sites excluding steroid dienone is 4. The fourth-order valence-corrected chi connectivity index (χ4v) is 6.64. The maximum absolute atomic E-state index is 14.3. The third-order valence-corrected chi connectivity index (χ3v) is 8.99. The van der Waals surface area contributed by atoms with Gasteiger partial charge < -0.3 is 31.4 Å². The summed E-state index contributed by atoms with van der Waals surface area (Å²) in [5.74, 6) is -2.00. The number of hydrogen-bond donors (Lipinski definition) is 5. The molecule has 9 nitrogen and oxygen atoms in total. The Bertz CT molecular complexity index is 1590. The number of amides is 2. The zero-order valence-electron chi connectivity index (χ0n) is 25.9. The molecule has 3 aromatic rings. The molecule has 0 unspecified atom stereocenters. The number of aliphatic carboxylic acids is 1. The van der Waals surface area contributed by atoms with Gasteiger partial charge in [0.1, 0.15) is 18.2 Å². The van der Waals surface area contributed by atoms with E-state index in [0.29, 0.717) is 12.8 Å². The minimum absolute atomic E-state index is 0.264. The molecule has 2 aliphatic rings. The minimum Gasteiger partial charge on any atom is -0.480 e. The van der Waals surface area contributed by atoms with Gasteiger partial charge in [-0.25, -0.2) is 0 Å². The van der Waals surface area contributed by atoms with E-state index in [1.54, 1.807) is 4.90 Å². The lowest BCUT2D eigenvalue weighted by Gasteiger charge is -2.34. The molecule has 44 heavy (non-hydrogen) atoms. The van der Waals surface area contributed by atoms with E-state index in [1.807, 2.05) is 48.5 Å². The van der Waals surface area contributed by atoms with Crippen LogP contribution in [0.4, 0.5) is 5.69 Å². The lowest BCUT2D eigenvalue weighted by molar-refractivity contribution is -0.144. The molecule has 3 heterocycles. The van der Waals surface area contributed by atoms with Gasteiger partial charge in [-0.2, -0.15) is 0 Å². The molecule has 2 aromatic carbocycles. The smallest absolute Gasteiger partial charge is 0.325 e. The quantitative estimate of drug-likeness (QED) is 0.197. The van der Waals surface area contributed by atoms with Gasteiger partial charge in [0.25, 0.3) is 0 Å². The van der Waals surface area contributed by atoms with Crippen LogP contribution in [0.5, 0.6) is 0 Å². The molecule has 1 fully saturated rings. The molecule has 5 rings (SSSR count). The number of benzene rings is 2. The predicted molar refractivity (Wildman–Crippen MR) is 173 cm³/mol. The van der Waals surface area contributed by atoms with E-state index >= 15 is 0 Å². The monoisotopic (exact) mass is 597 g/mol. The topological polar surface area (TPSA) is 141 Å². The van der Waals surface area contributed by atoms with Crippen molar-refractivity contribution in [2.75, 3.05) is 5.32 Å². The number of fused-ring (bicyclic) bond motifs is 4. The summed E-state index contributed by atoms with van der Waals surface area (Å²) in [7, 11) is 0. The molecule has 6 N–H and O–H groups in total. The fraction of sp³-hybridized carbons (Fsp3) is 0.400. The number of hydrogen-bond acceptors (Lipinski definition) is 5. The van der Waals surface area contributed by atoms with Crippen LogP contribution in [0.2, 0.25) is 0 Å². The Morgan fingerprint density at radius 2 is 1.84 bits per heavy atom. The number of carbonyl (C=O) groups excluding carboxylic acids is 2. The van der Waals surface area contributed by atoms with Gasteiger partial charge in [0.15, 0.2) is 0 Å². The van der Waals surface area contributed by atoms with E-state index in [0.717, 1.165) is 40.7 Å². The zero-order valence-corrected chi connectivity index (χ0v) is 25.9. The predicted octanol–water partition coefficient (Wildman–Crippen LogP) is 5.00. The summed E-state index contributed by atoms with van der Waals surface area (Å²) in [4.78, 5) is 44.6. The van der Waals surface area contributed by atoms with Gasteiger partial charge in [0.2, 0.25) is 11.8 Å². The lowest BCUT2D eigenvalue weighted by Crippen LogP contribution is -2.57. The van der Waals surface area contributed by atoms with Crippen molar-refractivity contribution < 1.29 is 19.5 Å². The molecule has 2 aliphatic heterocycles. The second-order valence-electron chi connectivity index (χ2n) is 12.5. The molecule has 0 aliphatic carbocycles. The van der Waals surface area contributed by atoms with Gasteiger partial charge in [0, 0.05) is 28.7 Å². The van der Waals surface area contributed by atoms with E-state index < -0.39 is 41.6 Å². The number of nitrogens with one attached hydrogen (secondary N) is 3. The molecule has 1 saturated heterocycles. The molecule has 0 radical (unpaired) electrons. The van der Waals surface area contributed by atoms with Crippen LogP contribution in [0.15, 0.2) is 77.9 Å². The number of carbonyl (C=O) groups is 3. The highest BCUT2D eigenvalue weighted by atomic mass is 16.4. The molecule has 0 spiro atoms. The van der Waals surface area contributed by atoms with Crippen LogP contribution in [0.3, 0.4) is 0 Å². The van der Waals surface area contributed by atoms with E-state index in [1.165, 1.54) is 18.1 Å². The molecular formula is C35H43N5O4. The second-order valence-corrected chi connectivity index (χ2v) is 12.5. The number of aromatic nitrogens is 1. The van der Waals surface area contributed by atoms with Crippen LogP contribution in [0.1, 0.15) is 64.6 Å². The average Bonchev–Trinajstić information content (AvgIpc) is 3.63. The minimum atomic E-state index is -1.14. The normalized spacial score (nSPS) is 22.1. The number of carboxylic acids is 1. The summed E-state index contributed by atoms with van der Waals surface area (Å²) in [6.45, 7) is 7.72. The Balaban J connectivity index is 1.49. The highest BCUT2D eigenvalue weighted by Crippen LogP contribution is 2.53. The molecule has 1 aromatic heterocycles. The third-order valence-electron chi connectivity index (χ3n) is 8.99. The summed E-state index contributed by atoms with van der Waals surface area (Å²) in [6.07, 6.45) is 6.99. The Morgan fingerprint density at radius 1 is 1.11 bits per heavy atom. The largest absolute Gasteiger partial charge is 0.480 e. The number of nitrogens with zero attached hydrogens (tertiary/aromatic N) is 1. The molecule has 232 valence electrons. The van der Waals surface area contributed by atoms with Crippen molar-refractivity contribution in [1.29, 1.82) is 0 Å². The molecule has 2 amide bonds. The maximum Gasteiger partial charge on any atom is 0.325 e. The summed E-state index contributed by atoms with van der Waals surface area (Å²) in [5.41, 5.74) is 12.3. The highest BCUT2D eigenvalue weighted by Gasteiger charge is 2.60. The van der Waals surface area contributed by atoms with Crippen molar-refractivity contribution >= 4 is 34.4 Å². The van der Waals surface area contributed by atoms with Crippen molar-refractivity contribution in [3.05, 3.63) is 89.2 Å². The first kappa shape index (κ1) is 31.1. The van der Waals surface area contributed by atoms with Crippen LogP contribution < -0.4 is 16.4 Å².